The number of halogens is 1. The minimum atomic E-state index is -0.104. The highest BCUT2D eigenvalue weighted by atomic mass is 79.9. The summed E-state index contributed by atoms with van der Waals surface area (Å²) in [6.45, 7) is 5.20. The van der Waals surface area contributed by atoms with E-state index in [-0.39, 0.29) is 12.0 Å². The lowest BCUT2D eigenvalue weighted by Crippen LogP contribution is -2.32. The van der Waals surface area contributed by atoms with Gasteiger partial charge in [0.2, 0.25) is 0 Å². The molecule has 1 aliphatic heterocycles. The molecule has 3 rings (SSSR count). The molecule has 1 unspecified atom stereocenters. The van der Waals surface area contributed by atoms with E-state index >= 15 is 0 Å². The third kappa shape index (κ3) is 2.82. The van der Waals surface area contributed by atoms with Crippen LogP contribution < -0.4 is 5.32 Å². The summed E-state index contributed by atoms with van der Waals surface area (Å²) in [6, 6.07) is 2.00. The number of aryl methyl sites for hydroxylation is 2. The molecule has 0 spiro atoms. The lowest BCUT2D eigenvalue weighted by molar-refractivity contribution is 0.0852. The maximum Gasteiger partial charge on any atom is 0.270 e. The average molecular weight is 352 g/mol. The Bertz CT molecular complexity index is 690. The molecule has 1 N–H and O–H groups in total. The fourth-order valence-corrected chi connectivity index (χ4v) is 3.36. The van der Waals surface area contributed by atoms with E-state index < -0.39 is 0 Å². The van der Waals surface area contributed by atoms with Gasteiger partial charge < -0.3 is 10.1 Å². The lowest BCUT2D eigenvalue weighted by atomic mass is 10.2. The summed E-state index contributed by atoms with van der Waals surface area (Å²) >= 11 is 3.50. The zero-order chi connectivity index (χ0) is 15.0. The zero-order valence-corrected chi connectivity index (χ0v) is 13.7. The van der Waals surface area contributed by atoms with Gasteiger partial charge >= 0.3 is 0 Å². The molecule has 1 fully saturated rings. The van der Waals surface area contributed by atoms with Crippen LogP contribution in [0.1, 0.15) is 34.6 Å². The highest BCUT2D eigenvalue weighted by Gasteiger charge is 2.21. The second kappa shape index (κ2) is 5.77. The van der Waals surface area contributed by atoms with E-state index in [0.29, 0.717) is 12.2 Å². The summed E-state index contributed by atoms with van der Waals surface area (Å²) in [6.07, 6.45) is 4.15. The van der Waals surface area contributed by atoms with Crippen LogP contribution in [0, 0.1) is 13.8 Å². The number of nitrogens with one attached hydrogen (secondary N) is 1. The summed E-state index contributed by atoms with van der Waals surface area (Å²) in [7, 11) is 0. The number of hydrogen-bond donors (Lipinski definition) is 1. The lowest BCUT2D eigenvalue weighted by Gasteiger charge is -2.11. The van der Waals surface area contributed by atoms with Crippen LogP contribution in [0.25, 0.3) is 5.65 Å². The summed E-state index contributed by atoms with van der Waals surface area (Å²) in [5, 5.41) is 2.96. The molecule has 112 valence electrons. The van der Waals surface area contributed by atoms with E-state index in [0.717, 1.165) is 40.8 Å². The van der Waals surface area contributed by atoms with Crippen LogP contribution in [0.5, 0.6) is 0 Å². The van der Waals surface area contributed by atoms with E-state index in [9.17, 15) is 4.79 Å². The van der Waals surface area contributed by atoms with Crippen LogP contribution in [-0.2, 0) is 4.74 Å². The molecular weight excluding hydrogens is 334 g/mol. The Kier molecular flexibility index (Phi) is 3.99. The summed E-state index contributed by atoms with van der Waals surface area (Å²) in [4.78, 5) is 17.0. The van der Waals surface area contributed by atoms with Gasteiger partial charge in [0.1, 0.15) is 5.69 Å². The van der Waals surface area contributed by atoms with Crippen molar-refractivity contribution in [2.45, 2.75) is 32.8 Å². The molecular formula is C15H18BrN3O2. The molecule has 1 atom stereocenters. The highest BCUT2D eigenvalue weighted by molar-refractivity contribution is 9.10. The van der Waals surface area contributed by atoms with Crippen LogP contribution in [-0.4, -0.2) is 34.5 Å². The van der Waals surface area contributed by atoms with Crippen molar-refractivity contribution in [2.24, 2.45) is 0 Å². The largest absolute Gasteiger partial charge is 0.376 e. The Hall–Kier alpha value is -1.40. The summed E-state index contributed by atoms with van der Waals surface area (Å²) in [5.74, 6) is -0.104. The fraction of sp³-hybridized carbons (Fsp3) is 0.467. The molecule has 1 saturated heterocycles. The topological polar surface area (TPSA) is 55.6 Å². The number of aromatic nitrogens is 2. The van der Waals surface area contributed by atoms with E-state index in [1.807, 2.05) is 30.5 Å². The van der Waals surface area contributed by atoms with Crippen molar-refractivity contribution in [3.8, 4) is 0 Å². The number of nitrogens with zero attached hydrogens (tertiary/aromatic N) is 2. The third-order valence-electron chi connectivity index (χ3n) is 3.72. The van der Waals surface area contributed by atoms with Crippen LogP contribution >= 0.6 is 15.9 Å². The van der Waals surface area contributed by atoms with Gasteiger partial charge in [-0.2, -0.15) is 0 Å². The smallest absolute Gasteiger partial charge is 0.270 e. The van der Waals surface area contributed by atoms with Crippen LogP contribution in [0.4, 0.5) is 0 Å². The van der Waals surface area contributed by atoms with Gasteiger partial charge in [-0.25, -0.2) is 4.98 Å². The first-order valence-corrected chi connectivity index (χ1v) is 7.90. The Morgan fingerprint density at radius 1 is 1.57 bits per heavy atom. The SMILES string of the molecule is Cc1cc(Br)c2nc(C)c(C(=O)NCC3CCCO3)n2c1. The number of fused-ring (bicyclic) bond motifs is 1. The third-order valence-corrected chi connectivity index (χ3v) is 4.30. The number of ether oxygens (including phenoxy) is 1. The van der Waals surface area contributed by atoms with Gasteiger partial charge in [-0.05, 0) is 54.2 Å². The van der Waals surface area contributed by atoms with Crippen molar-refractivity contribution >= 4 is 27.5 Å². The molecule has 1 amide bonds. The van der Waals surface area contributed by atoms with E-state index in [4.69, 9.17) is 4.74 Å². The second-order valence-electron chi connectivity index (χ2n) is 5.45. The van der Waals surface area contributed by atoms with Gasteiger partial charge in [0.05, 0.1) is 16.3 Å². The average Bonchev–Trinajstić information content (AvgIpc) is 3.03. The van der Waals surface area contributed by atoms with E-state index in [2.05, 4.69) is 26.2 Å². The Labute approximate surface area is 131 Å². The van der Waals surface area contributed by atoms with Gasteiger partial charge in [-0.3, -0.25) is 9.20 Å². The normalized spacial score (nSPS) is 18.3. The standard InChI is InChI=1S/C15H18BrN3O2/c1-9-6-12(16)14-18-10(2)13(19(14)8-9)15(20)17-7-11-4-3-5-21-11/h6,8,11H,3-5,7H2,1-2H3,(H,17,20). The predicted octanol–water partition coefficient (Wildman–Crippen LogP) is 2.62. The quantitative estimate of drug-likeness (QED) is 0.924. The molecule has 21 heavy (non-hydrogen) atoms. The molecule has 5 nitrogen and oxygen atoms in total. The summed E-state index contributed by atoms with van der Waals surface area (Å²) in [5.41, 5.74) is 3.15. The Morgan fingerprint density at radius 3 is 3.10 bits per heavy atom. The fourth-order valence-electron chi connectivity index (χ4n) is 2.71. The Balaban J connectivity index is 1.88. The number of carbonyl (C=O) groups is 1. The summed E-state index contributed by atoms with van der Waals surface area (Å²) < 4.78 is 8.27. The molecule has 0 aromatic carbocycles. The predicted molar refractivity (Wildman–Crippen MR) is 83.7 cm³/mol. The number of carbonyl (C=O) groups excluding carboxylic acids is 1. The van der Waals surface area contributed by atoms with Crippen molar-refractivity contribution < 1.29 is 9.53 Å². The monoisotopic (exact) mass is 351 g/mol. The van der Waals surface area contributed by atoms with Crippen molar-refractivity contribution in [1.82, 2.24) is 14.7 Å². The molecule has 3 heterocycles. The van der Waals surface area contributed by atoms with Crippen molar-refractivity contribution in [3.05, 3.63) is 33.7 Å². The zero-order valence-electron chi connectivity index (χ0n) is 12.1. The van der Waals surface area contributed by atoms with Crippen molar-refractivity contribution in [2.75, 3.05) is 13.2 Å². The molecule has 0 aliphatic carbocycles. The molecule has 0 saturated carbocycles. The molecule has 6 heteroatoms. The second-order valence-corrected chi connectivity index (χ2v) is 6.30. The number of rotatable bonds is 3. The Morgan fingerprint density at radius 2 is 2.38 bits per heavy atom. The van der Waals surface area contributed by atoms with Crippen LogP contribution in [0.15, 0.2) is 16.7 Å². The molecule has 1 aliphatic rings. The first kappa shape index (κ1) is 14.5. The van der Waals surface area contributed by atoms with Gasteiger partial charge in [0.15, 0.2) is 5.65 Å². The van der Waals surface area contributed by atoms with Gasteiger partial charge in [0, 0.05) is 19.3 Å². The maximum absolute atomic E-state index is 12.5. The van der Waals surface area contributed by atoms with Crippen molar-refractivity contribution in [1.29, 1.82) is 0 Å². The number of amides is 1. The van der Waals surface area contributed by atoms with Gasteiger partial charge in [-0.1, -0.05) is 0 Å². The highest BCUT2D eigenvalue weighted by Crippen LogP contribution is 2.22. The van der Waals surface area contributed by atoms with Crippen molar-refractivity contribution in [3.63, 3.8) is 0 Å². The molecule has 2 aromatic heterocycles. The van der Waals surface area contributed by atoms with Gasteiger partial charge in [-0.15, -0.1) is 0 Å². The number of imidazole rings is 1. The minimum Gasteiger partial charge on any atom is -0.376 e. The minimum absolute atomic E-state index is 0.104. The first-order chi connectivity index (χ1) is 10.1. The van der Waals surface area contributed by atoms with Gasteiger partial charge in [0.25, 0.3) is 5.91 Å². The molecule has 0 radical (unpaired) electrons. The van der Waals surface area contributed by atoms with Crippen LogP contribution in [0.2, 0.25) is 0 Å². The van der Waals surface area contributed by atoms with Crippen LogP contribution in [0.3, 0.4) is 0 Å². The van der Waals surface area contributed by atoms with E-state index in [1.165, 1.54) is 0 Å². The first-order valence-electron chi connectivity index (χ1n) is 7.11. The number of hydrogen-bond acceptors (Lipinski definition) is 3. The van der Waals surface area contributed by atoms with E-state index in [1.54, 1.807) is 0 Å². The molecule has 2 aromatic rings. The molecule has 0 bridgehead atoms. The maximum atomic E-state index is 12.5. The number of pyridine rings is 1.